The number of amidine groups is 1. The van der Waals surface area contributed by atoms with Gasteiger partial charge in [0.1, 0.15) is 12.3 Å². The van der Waals surface area contributed by atoms with Crippen LogP contribution in [-0.4, -0.2) is 82.6 Å². The highest BCUT2D eigenvalue weighted by Crippen LogP contribution is 2.23. The number of urea groups is 1. The molecule has 0 aliphatic carbocycles. The maximum Gasteiger partial charge on any atom is 0.416 e. The third kappa shape index (κ3) is 2.25. The van der Waals surface area contributed by atoms with Crippen LogP contribution in [0.2, 0.25) is 5.02 Å². The Morgan fingerprint density at radius 3 is 2.48 bits per heavy atom. The monoisotopic (exact) mass is 359 g/mol. The Hall–Kier alpha value is -2.74. The Bertz CT molecular complexity index is 888. The van der Waals surface area contributed by atoms with Crippen LogP contribution in [0.4, 0.5) is 4.79 Å². The highest BCUT2D eigenvalue weighted by Gasteiger charge is 2.53. The molecule has 0 spiro atoms. The molecule has 1 saturated heterocycles. The topological polar surface area (TPSA) is 71.6 Å². The molecule has 0 bridgehead atoms. The molecule has 1 aromatic rings. The molecule has 0 N–H and O–H groups in total. The van der Waals surface area contributed by atoms with Crippen LogP contribution in [0.25, 0.3) is 0 Å². The number of hydrazone groups is 1. The number of carbonyl (C=O) groups excluding carboxylic acids is 2. The number of nitrogens with zero attached hydrogens (tertiary/aromatic N) is 6. The number of imide groups is 1. The van der Waals surface area contributed by atoms with Crippen LogP contribution < -0.4 is 0 Å². The predicted octanol–water partition coefficient (Wildman–Crippen LogP) is 0.663. The smallest absolute Gasteiger partial charge is 0.270 e. The standard InChI is InChI=1S/C16H16ClN6O2/c1-20-13-12(14(24)21(2)16(20)25)23-8-11(19-22(3)15(23)18-13)9-4-6-10(17)7-5-9/h4-7,12H,8H2,1-3H3/q+1. The summed E-state index contributed by atoms with van der Waals surface area (Å²) in [5.41, 5.74) is 1.72. The van der Waals surface area contributed by atoms with E-state index in [1.54, 1.807) is 31.2 Å². The summed E-state index contributed by atoms with van der Waals surface area (Å²) in [5, 5.41) is 6.84. The molecule has 3 aliphatic heterocycles. The largest absolute Gasteiger partial charge is 0.416 e. The predicted molar refractivity (Wildman–Crippen MR) is 93.0 cm³/mol. The van der Waals surface area contributed by atoms with Crippen LogP contribution in [-0.2, 0) is 4.79 Å². The van der Waals surface area contributed by atoms with Gasteiger partial charge in [-0.05, 0) is 12.1 Å². The van der Waals surface area contributed by atoms with E-state index in [2.05, 4.69) is 10.1 Å². The van der Waals surface area contributed by atoms with Gasteiger partial charge in [0.2, 0.25) is 11.9 Å². The van der Waals surface area contributed by atoms with Crippen LogP contribution in [0.3, 0.4) is 0 Å². The number of hydrogen-bond acceptors (Lipinski definition) is 5. The summed E-state index contributed by atoms with van der Waals surface area (Å²) in [6.07, 6.45) is 0. The lowest BCUT2D eigenvalue weighted by molar-refractivity contribution is -0.527. The number of benzene rings is 1. The van der Waals surface area contributed by atoms with Crippen molar-refractivity contribution in [1.82, 2.24) is 14.8 Å². The first kappa shape index (κ1) is 15.8. The SMILES string of the molecule is CN1N=C(c2ccc(Cl)cc2)C[N+]2=C1N=C1C2C(=O)N(C)C(=O)N1C. The second-order valence-corrected chi connectivity index (χ2v) is 6.55. The van der Waals surface area contributed by atoms with Gasteiger partial charge < -0.3 is 0 Å². The van der Waals surface area contributed by atoms with Gasteiger partial charge in [-0.25, -0.2) is 9.37 Å². The molecule has 1 atom stereocenters. The highest BCUT2D eigenvalue weighted by molar-refractivity contribution is 6.30. The van der Waals surface area contributed by atoms with Crippen molar-refractivity contribution in [2.45, 2.75) is 6.04 Å². The van der Waals surface area contributed by atoms with E-state index in [-0.39, 0.29) is 11.9 Å². The average molecular weight is 360 g/mol. The molecule has 0 saturated carbocycles. The summed E-state index contributed by atoms with van der Waals surface area (Å²) in [7, 11) is 4.88. The van der Waals surface area contributed by atoms with Gasteiger partial charge >= 0.3 is 12.0 Å². The van der Waals surface area contributed by atoms with E-state index in [1.165, 1.54) is 11.9 Å². The van der Waals surface area contributed by atoms with Crippen LogP contribution in [0, 0.1) is 0 Å². The van der Waals surface area contributed by atoms with E-state index in [9.17, 15) is 9.59 Å². The summed E-state index contributed by atoms with van der Waals surface area (Å²) in [4.78, 5) is 31.9. The molecule has 25 heavy (non-hydrogen) atoms. The molecule has 1 unspecified atom stereocenters. The summed E-state index contributed by atoms with van der Waals surface area (Å²) < 4.78 is 1.87. The van der Waals surface area contributed by atoms with Gasteiger partial charge in [-0.3, -0.25) is 14.6 Å². The number of carbonyl (C=O) groups is 2. The van der Waals surface area contributed by atoms with E-state index in [4.69, 9.17) is 11.6 Å². The normalized spacial score (nSPS) is 22.9. The highest BCUT2D eigenvalue weighted by atomic mass is 35.5. The van der Waals surface area contributed by atoms with Gasteiger partial charge in [0.25, 0.3) is 5.91 Å². The molecule has 3 amide bonds. The fourth-order valence-corrected chi connectivity index (χ4v) is 3.34. The lowest BCUT2D eigenvalue weighted by atomic mass is 10.1. The first-order chi connectivity index (χ1) is 11.9. The second kappa shape index (κ2) is 5.38. The molecule has 3 aliphatic rings. The molecule has 3 heterocycles. The molecule has 0 aromatic heterocycles. The third-order valence-corrected chi connectivity index (χ3v) is 4.82. The van der Waals surface area contributed by atoms with E-state index in [0.717, 1.165) is 16.2 Å². The van der Waals surface area contributed by atoms with Crippen LogP contribution in [0.5, 0.6) is 0 Å². The van der Waals surface area contributed by atoms with Gasteiger partial charge in [-0.1, -0.05) is 28.7 Å². The number of hydrogen-bond donors (Lipinski definition) is 0. The summed E-state index contributed by atoms with van der Waals surface area (Å²) >= 11 is 5.95. The molecule has 8 nitrogen and oxygen atoms in total. The minimum absolute atomic E-state index is 0.289. The third-order valence-electron chi connectivity index (χ3n) is 4.57. The van der Waals surface area contributed by atoms with Crippen molar-refractivity contribution >= 4 is 41.0 Å². The minimum atomic E-state index is -0.622. The number of rotatable bonds is 1. The second-order valence-electron chi connectivity index (χ2n) is 6.12. The number of fused-ring (bicyclic) bond motifs is 2. The van der Waals surface area contributed by atoms with Crippen LogP contribution >= 0.6 is 11.6 Å². The fraction of sp³-hybridized carbons (Fsp3) is 0.312. The zero-order valence-electron chi connectivity index (χ0n) is 14.0. The number of aliphatic imine (C=N–C) groups is 1. The summed E-state index contributed by atoms with van der Waals surface area (Å²) in [5.74, 6) is 0.700. The van der Waals surface area contributed by atoms with Gasteiger partial charge in [0.05, 0.1) is 7.05 Å². The van der Waals surface area contributed by atoms with E-state index in [1.807, 2.05) is 16.7 Å². The van der Waals surface area contributed by atoms with Crippen molar-refractivity contribution in [1.29, 1.82) is 0 Å². The first-order valence-corrected chi connectivity index (χ1v) is 8.11. The maximum atomic E-state index is 12.7. The van der Waals surface area contributed by atoms with Crippen molar-refractivity contribution in [2.24, 2.45) is 10.1 Å². The number of likely N-dealkylation sites (N-methyl/N-ethyl adjacent to an activating group) is 2. The Balaban J connectivity index is 1.72. The van der Waals surface area contributed by atoms with Crippen molar-refractivity contribution in [3.63, 3.8) is 0 Å². The lowest BCUT2D eigenvalue weighted by Crippen LogP contribution is -2.62. The summed E-state index contributed by atoms with van der Waals surface area (Å²) in [6.45, 7) is 0.417. The Labute approximate surface area is 149 Å². The zero-order valence-corrected chi connectivity index (χ0v) is 14.7. The Kier molecular flexibility index (Phi) is 3.40. The van der Waals surface area contributed by atoms with Gasteiger partial charge in [-0.2, -0.15) is 0 Å². The zero-order chi connectivity index (χ0) is 17.9. The van der Waals surface area contributed by atoms with E-state index >= 15 is 0 Å². The number of halogens is 1. The molecule has 1 aromatic carbocycles. The lowest BCUT2D eigenvalue weighted by Gasteiger charge is -2.32. The molecule has 4 rings (SSSR count). The van der Waals surface area contributed by atoms with Crippen molar-refractivity contribution in [3.8, 4) is 0 Å². The van der Waals surface area contributed by atoms with Gasteiger partial charge in [-0.15, -0.1) is 10.1 Å². The molecule has 0 radical (unpaired) electrons. The van der Waals surface area contributed by atoms with Crippen LogP contribution in [0.15, 0.2) is 34.4 Å². The quantitative estimate of drug-likeness (QED) is 0.692. The Morgan fingerprint density at radius 1 is 1.12 bits per heavy atom. The van der Waals surface area contributed by atoms with E-state index in [0.29, 0.717) is 23.4 Å². The molecule has 1 fully saturated rings. The van der Waals surface area contributed by atoms with Crippen molar-refractivity contribution in [3.05, 3.63) is 34.9 Å². The molecule has 9 heteroatoms. The number of amides is 3. The summed E-state index contributed by atoms with van der Waals surface area (Å²) in [6, 6.07) is 6.38. The molecular formula is C16H16ClN6O2+. The fourth-order valence-electron chi connectivity index (χ4n) is 3.22. The van der Waals surface area contributed by atoms with E-state index < -0.39 is 6.04 Å². The van der Waals surface area contributed by atoms with Crippen molar-refractivity contribution < 1.29 is 14.2 Å². The van der Waals surface area contributed by atoms with Crippen molar-refractivity contribution in [2.75, 3.05) is 27.7 Å². The average Bonchev–Trinajstić information content (AvgIpc) is 2.99. The minimum Gasteiger partial charge on any atom is -0.270 e. The van der Waals surface area contributed by atoms with Gasteiger partial charge in [0.15, 0.2) is 0 Å². The molecular weight excluding hydrogens is 344 g/mol. The van der Waals surface area contributed by atoms with Crippen LogP contribution in [0.1, 0.15) is 5.56 Å². The Morgan fingerprint density at radius 2 is 1.80 bits per heavy atom. The maximum absolute atomic E-state index is 12.7. The molecule has 128 valence electrons. The number of guanidine groups is 1. The first-order valence-electron chi connectivity index (χ1n) is 7.73. The van der Waals surface area contributed by atoms with Gasteiger partial charge in [0, 0.05) is 24.7 Å².